The predicted molar refractivity (Wildman–Crippen MR) is 85.9 cm³/mol. The molecule has 1 aromatic heterocycles. The zero-order valence-electron chi connectivity index (χ0n) is 12.9. The lowest BCUT2D eigenvalue weighted by Gasteiger charge is -2.17. The van der Waals surface area contributed by atoms with Crippen LogP contribution in [0.15, 0.2) is 52.2 Å². The Hall–Kier alpha value is -2.89. The number of hydrazone groups is 1. The molecule has 0 aliphatic carbocycles. The summed E-state index contributed by atoms with van der Waals surface area (Å²) in [6.45, 7) is 2.94. The second-order valence-corrected chi connectivity index (χ2v) is 5.41. The van der Waals surface area contributed by atoms with Crippen molar-refractivity contribution in [3.63, 3.8) is 0 Å². The van der Waals surface area contributed by atoms with Crippen LogP contribution in [0, 0.1) is 0 Å². The molecule has 0 spiro atoms. The van der Waals surface area contributed by atoms with E-state index in [-0.39, 0.29) is 17.9 Å². The van der Waals surface area contributed by atoms with Crippen LogP contribution in [0.4, 0.5) is 5.69 Å². The van der Waals surface area contributed by atoms with Crippen LogP contribution in [-0.2, 0) is 9.59 Å². The van der Waals surface area contributed by atoms with Gasteiger partial charge in [0.05, 0.1) is 12.0 Å². The zero-order valence-corrected chi connectivity index (χ0v) is 12.9. The van der Waals surface area contributed by atoms with Crippen molar-refractivity contribution in [3.8, 4) is 0 Å². The molecular weight excluding hydrogens is 294 g/mol. The molecule has 3 rings (SSSR count). The van der Waals surface area contributed by atoms with Crippen molar-refractivity contribution in [2.45, 2.75) is 26.3 Å². The topological polar surface area (TPSA) is 74.9 Å². The summed E-state index contributed by atoms with van der Waals surface area (Å²) in [5.41, 5.74) is 2.36. The van der Waals surface area contributed by atoms with Crippen molar-refractivity contribution in [1.29, 1.82) is 0 Å². The summed E-state index contributed by atoms with van der Waals surface area (Å²) in [4.78, 5) is 23.0. The van der Waals surface area contributed by atoms with Gasteiger partial charge in [-0.3, -0.25) is 9.59 Å². The minimum absolute atomic E-state index is 0.130. The molecular formula is C17H17N3O3. The summed E-state index contributed by atoms with van der Waals surface area (Å²) in [7, 11) is 0. The molecule has 23 heavy (non-hydrogen) atoms. The minimum Gasteiger partial charge on any atom is -0.467 e. The van der Waals surface area contributed by atoms with E-state index in [0.29, 0.717) is 17.9 Å². The van der Waals surface area contributed by atoms with Gasteiger partial charge in [0.2, 0.25) is 11.8 Å². The van der Waals surface area contributed by atoms with E-state index in [4.69, 9.17) is 4.42 Å². The van der Waals surface area contributed by atoms with Gasteiger partial charge in [0.1, 0.15) is 11.8 Å². The molecule has 1 aromatic carbocycles. The lowest BCUT2D eigenvalue weighted by Crippen LogP contribution is -2.23. The Bertz CT molecular complexity index is 765. The highest BCUT2D eigenvalue weighted by Gasteiger charge is 2.33. The largest absolute Gasteiger partial charge is 0.467 e. The van der Waals surface area contributed by atoms with E-state index in [1.807, 2.05) is 30.3 Å². The Morgan fingerprint density at radius 2 is 2.09 bits per heavy atom. The molecule has 0 saturated heterocycles. The van der Waals surface area contributed by atoms with Crippen LogP contribution in [0.25, 0.3) is 0 Å². The third kappa shape index (κ3) is 3.15. The number of nitrogens with one attached hydrogen (secondary N) is 1. The zero-order chi connectivity index (χ0) is 16.4. The third-order valence-corrected chi connectivity index (χ3v) is 3.62. The molecule has 1 aliphatic heterocycles. The summed E-state index contributed by atoms with van der Waals surface area (Å²) in [6, 6.07) is 10.8. The van der Waals surface area contributed by atoms with Crippen LogP contribution < -0.4 is 5.32 Å². The average molecular weight is 311 g/mol. The highest BCUT2D eigenvalue weighted by Crippen LogP contribution is 2.33. The summed E-state index contributed by atoms with van der Waals surface area (Å²) >= 11 is 0. The summed E-state index contributed by atoms with van der Waals surface area (Å²) in [5.74, 6) is 0.436. The van der Waals surface area contributed by atoms with Crippen LogP contribution in [0.2, 0.25) is 0 Å². The van der Waals surface area contributed by atoms with Gasteiger partial charge >= 0.3 is 0 Å². The smallest absolute Gasteiger partial charge is 0.240 e. The second kappa shape index (κ2) is 6.08. The number of nitrogens with zero attached hydrogens (tertiary/aromatic N) is 2. The van der Waals surface area contributed by atoms with E-state index in [1.165, 1.54) is 18.9 Å². The van der Waals surface area contributed by atoms with Crippen LogP contribution in [0.3, 0.4) is 0 Å². The number of anilines is 1. The van der Waals surface area contributed by atoms with Crippen molar-refractivity contribution >= 4 is 23.2 Å². The Balaban J connectivity index is 1.90. The summed E-state index contributed by atoms with van der Waals surface area (Å²) in [6.07, 6.45) is 2.15. The number of rotatable bonds is 3. The Morgan fingerprint density at radius 1 is 1.26 bits per heavy atom. The van der Waals surface area contributed by atoms with Gasteiger partial charge in [-0.25, -0.2) is 5.01 Å². The van der Waals surface area contributed by atoms with Crippen molar-refractivity contribution in [1.82, 2.24) is 5.01 Å². The van der Waals surface area contributed by atoms with E-state index in [9.17, 15) is 9.59 Å². The van der Waals surface area contributed by atoms with Gasteiger partial charge < -0.3 is 9.73 Å². The first kappa shape index (κ1) is 15.0. The lowest BCUT2D eigenvalue weighted by molar-refractivity contribution is -0.130. The fourth-order valence-corrected chi connectivity index (χ4v) is 2.66. The molecule has 0 unspecified atom stereocenters. The Labute approximate surface area is 133 Å². The predicted octanol–water partition coefficient (Wildman–Crippen LogP) is 2.94. The molecule has 0 radical (unpaired) electrons. The minimum atomic E-state index is -0.234. The molecule has 2 aromatic rings. The van der Waals surface area contributed by atoms with Gasteiger partial charge in [-0.2, -0.15) is 5.10 Å². The lowest BCUT2D eigenvalue weighted by atomic mass is 10.0. The van der Waals surface area contributed by atoms with E-state index in [2.05, 4.69) is 10.4 Å². The number of hydrogen-bond donors (Lipinski definition) is 1. The second-order valence-electron chi connectivity index (χ2n) is 5.41. The van der Waals surface area contributed by atoms with Gasteiger partial charge in [0.25, 0.3) is 0 Å². The Kier molecular flexibility index (Phi) is 3.97. The maximum Gasteiger partial charge on any atom is 0.240 e. The number of carbonyl (C=O) groups excluding carboxylic acids is 2. The molecule has 118 valence electrons. The number of hydrogen-bond acceptors (Lipinski definition) is 4. The van der Waals surface area contributed by atoms with Crippen molar-refractivity contribution in [2.75, 3.05) is 5.32 Å². The van der Waals surface area contributed by atoms with Gasteiger partial charge in [0, 0.05) is 26.0 Å². The maximum absolute atomic E-state index is 11.9. The highest BCUT2D eigenvalue weighted by molar-refractivity contribution is 6.04. The molecule has 0 fully saturated rings. The van der Waals surface area contributed by atoms with Gasteiger partial charge in [0.15, 0.2) is 0 Å². The number of furan rings is 1. The molecule has 1 N–H and O–H groups in total. The molecule has 2 amide bonds. The molecule has 0 bridgehead atoms. The molecule has 1 atom stereocenters. The van der Waals surface area contributed by atoms with E-state index < -0.39 is 0 Å². The molecule has 1 aliphatic rings. The average Bonchev–Trinajstić information content (AvgIpc) is 3.16. The standard InChI is InChI=1S/C17H17N3O3/c1-11(21)18-14-6-3-5-13(9-14)15-10-16(17-7-4-8-23-17)20(19-15)12(2)22/h3-9,16H,10H2,1-2H3,(H,18,21)/t16-/m0/s1. The fraction of sp³-hybridized carbons (Fsp3) is 0.235. The van der Waals surface area contributed by atoms with Crippen LogP contribution in [0.5, 0.6) is 0 Å². The van der Waals surface area contributed by atoms with Crippen molar-refractivity contribution in [2.24, 2.45) is 5.10 Å². The first-order chi connectivity index (χ1) is 11.0. The van der Waals surface area contributed by atoms with Gasteiger partial charge in [-0.15, -0.1) is 0 Å². The van der Waals surface area contributed by atoms with Gasteiger partial charge in [-0.05, 0) is 29.8 Å². The molecule has 6 heteroatoms. The first-order valence-corrected chi connectivity index (χ1v) is 7.33. The monoisotopic (exact) mass is 311 g/mol. The number of benzene rings is 1. The Morgan fingerprint density at radius 3 is 2.74 bits per heavy atom. The van der Waals surface area contributed by atoms with Crippen molar-refractivity contribution in [3.05, 3.63) is 54.0 Å². The molecule has 2 heterocycles. The first-order valence-electron chi connectivity index (χ1n) is 7.33. The van der Waals surface area contributed by atoms with Gasteiger partial charge in [-0.1, -0.05) is 12.1 Å². The maximum atomic E-state index is 11.9. The quantitative estimate of drug-likeness (QED) is 0.947. The number of amides is 2. The summed E-state index contributed by atoms with van der Waals surface area (Å²) < 4.78 is 5.43. The van der Waals surface area contributed by atoms with E-state index >= 15 is 0 Å². The van der Waals surface area contributed by atoms with Crippen LogP contribution in [-0.4, -0.2) is 22.5 Å². The normalized spacial score (nSPS) is 17.0. The third-order valence-electron chi connectivity index (χ3n) is 3.62. The SMILES string of the molecule is CC(=O)Nc1cccc(C2=NN(C(C)=O)[C@H](c3ccco3)C2)c1. The molecule has 0 saturated carbocycles. The van der Waals surface area contributed by atoms with Crippen LogP contribution in [0.1, 0.15) is 37.6 Å². The molecule has 6 nitrogen and oxygen atoms in total. The highest BCUT2D eigenvalue weighted by atomic mass is 16.3. The number of carbonyl (C=O) groups is 2. The van der Waals surface area contributed by atoms with E-state index in [0.717, 1.165) is 11.3 Å². The van der Waals surface area contributed by atoms with E-state index in [1.54, 1.807) is 12.3 Å². The summed E-state index contributed by atoms with van der Waals surface area (Å²) in [5, 5.41) is 8.64. The fourth-order valence-electron chi connectivity index (χ4n) is 2.66. The van der Waals surface area contributed by atoms with Crippen LogP contribution >= 0.6 is 0 Å². The van der Waals surface area contributed by atoms with Crippen molar-refractivity contribution < 1.29 is 14.0 Å².